The summed E-state index contributed by atoms with van der Waals surface area (Å²) in [5, 5.41) is 2.98. The Labute approximate surface area is 228 Å². The lowest BCUT2D eigenvalue weighted by Crippen LogP contribution is -2.41. The number of hydrogen-bond acceptors (Lipinski definition) is 5. The second kappa shape index (κ2) is 13.1. The van der Waals surface area contributed by atoms with Gasteiger partial charge in [-0.2, -0.15) is 0 Å². The minimum Gasteiger partial charge on any atom is -0.497 e. The minimum absolute atomic E-state index is 0.152. The van der Waals surface area contributed by atoms with Crippen LogP contribution in [0.15, 0.2) is 103 Å². The Balaban J connectivity index is 1.75. The van der Waals surface area contributed by atoms with Crippen molar-refractivity contribution >= 4 is 17.5 Å². The van der Waals surface area contributed by atoms with Crippen molar-refractivity contribution in [2.75, 3.05) is 26.6 Å². The molecule has 7 nitrogen and oxygen atoms in total. The topological polar surface area (TPSA) is 77.1 Å². The molecule has 0 radical (unpaired) electrons. The van der Waals surface area contributed by atoms with Crippen LogP contribution in [0, 0.1) is 0 Å². The maximum atomic E-state index is 14.1. The molecule has 0 aliphatic rings. The highest BCUT2D eigenvalue weighted by Gasteiger charge is 2.32. The third kappa shape index (κ3) is 6.96. The monoisotopic (exact) mass is 524 g/mol. The molecule has 4 rings (SSSR count). The summed E-state index contributed by atoms with van der Waals surface area (Å²) in [7, 11) is 4.67. The first-order valence-corrected chi connectivity index (χ1v) is 12.6. The predicted molar refractivity (Wildman–Crippen MR) is 151 cm³/mol. The molecule has 1 N–H and O–H groups in total. The summed E-state index contributed by atoms with van der Waals surface area (Å²) in [6.07, 6.45) is 0.152. The smallest absolute Gasteiger partial charge is 0.251 e. The van der Waals surface area contributed by atoms with Gasteiger partial charge < -0.3 is 24.4 Å². The number of amides is 2. The van der Waals surface area contributed by atoms with Gasteiger partial charge in [-0.15, -0.1) is 0 Å². The van der Waals surface area contributed by atoms with E-state index in [4.69, 9.17) is 14.2 Å². The first-order valence-electron chi connectivity index (χ1n) is 12.6. The molecule has 0 aromatic heterocycles. The highest BCUT2D eigenvalue weighted by atomic mass is 16.5. The van der Waals surface area contributed by atoms with Gasteiger partial charge in [0.25, 0.3) is 5.91 Å². The summed E-state index contributed by atoms with van der Waals surface area (Å²) in [6, 6.07) is 30.6. The average Bonchev–Trinajstić information content (AvgIpc) is 2.98. The van der Waals surface area contributed by atoms with Gasteiger partial charge >= 0.3 is 0 Å². The van der Waals surface area contributed by atoms with Crippen molar-refractivity contribution in [3.8, 4) is 17.2 Å². The van der Waals surface area contributed by atoms with Gasteiger partial charge in [0.15, 0.2) is 0 Å². The Morgan fingerprint density at radius 3 is 1.90 bits per heavy atom. The molecule has 0 saturated carbocycles. The molecule has 200 valence electrons. The molecule has 0 unspecified atom stereocenters. The second-order valence-electron chi connectivity index (χ2n) is 8.90. The van der Waals surface area contributed by atoms with Crippen LogP contribution in [0.25, 0.3) is 0 Å². The molecule has 0 bridgehead atoms. The molecule has 39 heavy (non-hydrogen) atoms. The maximum absolute atomic E-state index is 14.1. The lowest BCUT2D eigenvalue weighted by atomic mass is 10.0. The van der Waals surface area contributed by atoms with E-state index in [0.717, 1.165) is 11.1 Å². The fourth-order valence-electron chi connectivity index (χ4n) is 4.34. The lowest BCUT2D eigenvalue weighted by molar-refractivity contribution is -0.139. The fraction of sp³-hybridized carbons (Fsp3) is 0.188. The Bertz CT molecular complexity index is 1380. The Hall–Kier alpha value is -4.78. The van der Waals surface area contributed by atoms with E-state index >= 15 is 0 Å². The van der Waals surface area contributed by atoms with Gasteiger partial charge in [-0.05, 0) is 41.0 Å². The van der Waals surface area contributed by atoms with Gasteiger partial charge in [0, 0.05) is 12.6 Å². The summed E-state index contributed by atoms with van der Waals surface area (Å²) in [4.78, 5) is 29.6. The first kappa shape index (κ1) is 27.3. The van der Waals surface area contributed by atoms with Crippen LogP contribution in [0.2, 0.25) is 0 Å². The Kier molecular flexibility index (Phi) is 9.19. The quantitative estimate of drug-likeness (QED) is 0.274. The summed E-state index contributed by atoms with van der Waals surface area (Å²) in [5.74, 6) is 1.14. The van der Waals surface area contributed by atoms with Crippen LogP contribution >= 0.6 is 0 Å². The van der Waals surface area contributed by atoms with E-state index in [1.54, 1.807) is 49.5 Å². The molecule has 0 aliphatic carbocycles. The largest absolute Gasteiger partial charge is 0.497 e. The van der Waals surface area contributed by atoms with E-state index < -0.39 is 6.04 Å². The molecule has 7 heteroatoms. The number of nitrogens with one attached hydrogen (secondary N) is 1. The fourth-order valence-corrected chi connectivity index (χ4v) is 4.34. The molecular formula is C32H32N2O5. The molecule has 0 aliphatic heterocycles. The third-order valence-corrected chi connectivity index (χ3v) is 6.37. The van der Waals surface area contributed by atoms with Crippen molar-refractivity contribution in [2.45, 2.75) is 19.0 Å². The SMILES string of the molecule is COc1ccc([C@H](C(=O)Nc2ccc(OC)cc2OC)N(Cc2ccccc2)C(=O)Cc2ccccc2)cc1. The molecule has 2 amide bonds. The van der Waals surface area contributed by atoms with Crippen LogP contribution in [0.5, 0.6) is 17.2 Å². The molecule has 4 aromatic rings. The van der Waals surface area contributed by atoms with Gasteiger partial charge in [0.05, 0.1) is 33.4 Å². The zero-order valence-electron chi connectivity index (χ0n) is 22.3. The number of methoxy groups -OCH3 is 3. The van der Waals surface area contributed by atoms with Gasteiger partial charge in [-0.3, -0.25) is 9.59 Å². The normalized spacial score (nSPS) is 11.3. The Morgan fingerprint density at radius 2 is 1.31 bits per heavy atom. The number of ether oxygens (including phenoxy) is 3. The third-order valence-electron chi connectivity index (χ3n) is 6.37. The molecule has 0 fully saturated rings. The van der Waals surface area contributed by atoms with Gasteiger partial charge in [-0.1, -0.05) is 72.8 Å². The lowest BCUT2D eigenvalue weighted by Gasteiger charge is -2.32. The van der Waals surface area contributed by atoms with Crippen molar-refractivity contribution in [1.29, 1.82) is 0 Å². The van der Waals surface area contributed by atoms with Gasteiger partial charge in [-0.25, -0.2) is 0 Å². The van der Waals surface area contributed by atoms with Crippen LogP contribution in [0.4, 0.5) is 5.69 Å². The standard InChI is InChI=1S/C32H32N2O5/c1-37-26-16-14-25(15-17-26)31(32(36)33-28-19-18-27(38-2)21-29(28)39-3)34(22-24-12-8-5-9-13-24)30(35)20-23-10-6-4-7-11-23/h4-19,21,31H,20,22H2,1-3H3,(H,33,36)/t31-/m1/s1. The first-order chi connectivity index (χ1) is 19.0. The number of carbonyl (C=O) groups excluding carboxylic acids is 2. The molecule has 0 spiro atoms. The van der Waals surface area contributed by atoms with E-state index in [0.29, 0.717) is 28.5 Å². The summed E-state index contributed by atoms with van der Waals surface area (Å²) in [6.45, 7) is 0.246. The van der Waals surface area contributed by atoms with E-state index in [1.807, 2.05) is 72.8 Å². The van der Waals surface area contributed by atoms with Gasteiger partial charge in [0.1, 0.15) is 23.3 Å². The summed E-state index contributed by atoms with van der Waals surface area (Å²) in [5.41, 5.74) is 2.90. The molecule has 4 aromatic carbocycles. The van der Waals surface area contributed by atoms with E-state index in [9.17, 15) is 9.59 Å². The van der Waals surface area contributed by atoms with Crippen molar-refractivity contribution in [3.05, 3.63) is 120 Å². The Morgan fingerprint density at radius 1 is 0.718 bits per heavy atom. The average molecular weight is 525 g/mol. The predicted octanol–water partition coefficient (Wildman–Crippen LogP) is 5.66. The van der Waals surface area contributed by atoms with Crippen molar-refractivity contribution in [1.82, 2.24) is 4.90 Å². The maximum Gasteiger partial charge on any atom is 0.251 e. The van der Waals surface area contributed by atoms with Crippen molar-refractivity contribution in [2.24, 2.45) is 0 Å². The second-order valence-corrected chi connectivity index (χ2v) is 8.90. The number of rotatable bonds is 11. The minimum atomic E-state index is -0.931. The zero-order chi connectivity index (χ0) is 27.6. The number of carbonyl (C=O) groups is 2. The highest BCUT2D eigenvalue weighted by Crippen LogP contribution is 2.32. The van der Waals surface area contributed by atoms with Crippen LogP contribution in [0.3, 0.4) is 0 Å². The summed E-state index contributed by atoms with van der Waals surface area (Å²) < 4.78 is 16.1. The number of benzene rings is 4. The molecule has 0 saturated heterocycles. The number of anilines is 1. The van der Waals surface area contributed by atoms with E-state index in [-0.39, 0.29) is 24.8 Å². The summed E-state index contributed by atoms with van der Waals surface area (Å²) >= 11 is 0. The van der Waals surface area contributed by atoms with Crippen LogP contribution in [-0.4, -0.2) is 38.0 Å². The van der Waals surface area contributed by atoms with Crippen molar-refractivity contribution in [3.63, 3.8) is 0 Å². The molecule has 0 heterocycles. The zero-order valence-corrected chi connectivity index (χ0v) is 22.3. The molecular weight excluding hydrogens is 492 g/mol. The van der Waals surface area contributed by atoms with Crippen LogP contribution in [0.1, 0.15) is 22.7 Å². The van der Waals surface area contributed by atoms with Crippen LogP contribution in [-0.2, 0) is 22.6 Å². The van der Waals surface area contributed by atoms with Crippen LogP contribution < -0.4 is 19.5 Å². The van der Waals surface area contributed by atoms with Gasteiger partial charge in [0.2, 0.25) is 5.91 Å². The van der Waals surface area contributed by atoms with Crippen molar-refractivity contribution < 1.29 is 23.8 Å². The number of nitrogens with zero attached hydrogens (tertiary/aromatic N) is 1. The van der Waals surface area contributed by atoms with E-state index in [2.05, 4.69) is 5.32 Å². The molecule has 1 atom stereocenters. The van der Waals surface area contributed by atoms with E-state index in [1.165, 1.54) is 7.11 Å². The highest BCUT2D eigenvalue weighted by molar-refractivity contribution is 5.99. The number of hydrogen-bond donors (Lipinski definition) is 1.